The second-order valence-corrected chi connectivity index (χ2v) is 3.92. The Kier molecular flexibility index (Phi) is 3.20. The summed E-state index contributed by atoms with van der Waals surface area (Å²) in [6.45, 7) is 0. The van der Waals surface area contributed by atoms with E-state index in [-0.39, 0.29) is 10.8 Å². The zero-order valence-electron chi connectivity index (χ0n) is 9.82. The molecule has 0 unspecified atom stereocenters. The summed E-state index contributed by atoms with van der Waals surface area (Å²) in [4.78, 5) is 0. The van der Waals surface area contributed by atoms with Crippen LogP contribution in [0.1, 0.15) is 0 Å². The van der Waals surface area contributed by atoms with Crippen molar-refractivity contribution in [3.05, 3.63) is 17.3 Å². The molecule has 4 N–H and O–H groups in total. The van der Waals surface area contributed by atoms with Gasteiger partial charge in [0.2, 0.25) is 0 Å². The topological polar surface area (TPSA) is 93.4 Å². The van der Waals surface area contributed by atoms with E-state index < -0.39 is 0 Å². The summed E-state index contributed by atoms with van der Waals surface area (Å²) < 4.78 is 10.4. The van der Waals surface area contributed by atoms with E-state index in [2.05, 4.69) is 10.2 Å². The van der Waals surface area contributed by atoms with Crippen LogP contribution in [0.25, 0.3) is 11.1 Å². The highest BCUT2D eigenvalue weighted by atomic mass is 35.5. The van der Waals surface area contributed by atoms with Gasteiger partial charge < -0.3 is 20.3 Å². The third-order valence-corrected chi connectivity index (χ3v) is 2.82. The van der Waals surface area contributed by atoms with E-state index in [0.717, 1.165) is 0 Å². The fraction of sp³-hybridized carbons (Fsp3) is 0.182. The normalized spacial score (nSPS) is 10.4. The lowest BCUT2D eigenvalue weighted by molar-refractivity contribution is 0.353. The number of hydrogen-bond acceptors (Lipinski definition) is 5. The van der Waals surface area contributed by atoms with Gasteiger partial charge in [-0.15, -0.1) is 0 Å². The van der Waals surface area contributed by atoms with E-state index in [4.69, 9.17) is 26.8 Å². The minimum Gasteiger partial charge on any atom is -0.506 e. The Balaban J connectivity index is 2.79. The number of anilines is 1. The molecule has 2 aromatic rings. The molecule has 18 heavy (non-hydrogen) atoms. The molecule has 0 radical (unpaired) electrons. The van der Waals surface area contributed by atoms with Gasteiger partial charge in [-0.05, 0) is 0 Å². The Labute approximate surface area is 108 Å². The summed E-state index contributed by atoms with van der Waals surface area (Å²) >= 11 is 5.94. The number of nitrogens with zero attached hydrogens (tertiary/aromatic N) is 1. The molecule has 96 valence electrons. The minimum atomic E-state index is -0.137. The minimum absolute atomic E-state index is 0.137. The molecule has 1 aromatic carbocycles. The Morgan fingerprint density at radius 1 is 1.39 bits per heavy atom. The second-order valence-electron chi connectivity index (χ2n) is 3.51. The Bertz CT molecular complexity index is 583. The highest BCUT2D eigenvalue weighted by Gasteiger charge is 2.22. The fourth-order valence-electron chi connectivity index (χ4n) is 1.70. The quantitative estimate of drug-likeness (QED) is 0.793. The van der Waals surface area contributed by atoms with Gasteiger partial charge in [0, 0.05) is 6.07 Å². The van der Waals surface area contributed by atoms with Crippen LogP contribution in [0, 0.1) is 0 Å². The predicted molar refractivity (Wildman–Crippen MR) is 68.2 cm³/mol. The Morgan fingerprint density at radius 2 is 2.11 bits per heavy atom. The van der Waals surface area contributed by atoms with Crippen molar-refractivity contribution in [2.75, 3.05) is 20.0 Å². The summed E-state index contributed by atoms with van der Waals surface area (Å²) in [6, 6.07) is 1.47. The van der Waals surface area contributed by atoms with E-state index in [1.807, 2.05) is 0 Å². The number of H-pyrrole nitrogens is 1. The molecule has 1 heterocycles. The van der Waals surface area contributed by atoms with E-state index in [9.17, 15) is 5.11 Å². The molecule has 0 aliphatic rings. The number of halogens is 1. The SMILES string of the molecule is COc1cc(Cl)c(O)c(-c2cn[nH]c2N)c1OC. The summed E-state index contributed by atoms with van der Waals surface area (Å²) in [7, 11) is 2.94. The molecule has 0 amide bonds. The van der Waals surface area contributed by atoms with Crippen LogP contribution < -0.4 is 15.2 Å². The summed E-state index contributed by atoms with van der Waals surface area (Å²) in [5, 5.41) is 16.6. The van der Waals surface area contributed by atoms with Crippen molar-refractivity contribution in [1.29, 1.82) is 0 Å². The number of nitrogens with two attached hydrogens (primary N) is 1. The Hall–Kier alpha value is -2.08. The van der Waals surface area contributed by atoms with E-state index in [1.165, 1.54) is 26.5 Å². The second kappa shape index (κ2) is 4.66. The van der Waals surface area contributed by atoms with E-state index >= 15 is 0 Å². The highest BCUT2D eigenvalue weighted by Crippen LogP contribution is 2.48. The van der Waals surface area contributed by atoms with Crippen LogP contribution in [0.4, 0.5) is 5.82 Å². The number of aromatic amines is 1. The van der Waals surface area contributed by atoms with Crippen molar-refractivity contribution in [3.8, 4) is 28.4 Å². The Morgan fingerprint density at radius 3 is 2.61 bits per heavy atom. The van der Waals surface area contributed by atoms with Crippen molar-refractivity contribution < 1.29 is 14.6 Å². The van der Waals surface area contributed by atoms with Gasteiger partial charge in [0.25, 0.3) is 0 Å². The standard InChI is InChI=1S/C11H12ClN3O3/c1-17-7-3-6(12)9(16)8(10(7)18-2)5-4-14-15-11(5)13/h3-4,16H,1-2H3,(H3,13,14,15). The summed E-state index contributed by atoms with van der Waals surface area (Å²) in [5.74, 6) is 0.902. The predicted octanol–water partition coefficient (Wildman–Crippen LogP) is 2.04. The van der Waals surface area contributed by atoms with Crippen molar-refractivity contribution in [2.45, 2.75) is 0 Å². The number of aromatic hydroxyl groups is 1. The van der Waals surface area contributed by atoms with Gasteiger partial charge in [-0.25, -0.2) is 0 Å². The molecule has 0 saturated heterocycles. The van der Waals surface area contributed by atoms with Gasteiger partial charge in [0.1, 0.15) is 11.6 Å². The maximum Gasteiger partial charge on any atom is 0.172 e. The van der Waals surface area contributed by atoms with Crippen LogP contribution in [0.5, 0.6) is 17.2 Å². The summed E-state index contributed by atoms with van der Waals surface area (Å²) in [5.41, 5.74) is 6.57. The molecule has 1 aromatic heterocycles. The van der Waals surface area contributed by atoms with Gasteiger partial charge in [-0.1, -0.05) is 11.6 Å². The number of nitrogen functional groups attached to an aromatic ring is 1. The van der Waals surface area contributed by atoms with Crippen LogP contribution in [0.15, 0.2) is 12.3 Å². The number of aromatic nitrogens is 2. The molecule has 0 atom stereocenters. The van der Waals surface area contributed by atoms with Crippen molar-refractivity contribution in [2.24, 2.45) is 0 Å². The number of benzene rings is 1. The largest absolute Gasteiger partial charge is 0.506 e. The maximum absolute atomic E-state index is 10.1. The van der Waals surface area contributed by atoms with Crippen molar-refractivity contribution >= 4 is 17.4 Å². The number of hydrogen-bond donors (Lipinski definition) is 3. The number of nitrogens with one attached hydrogen (secondary N) is 1. The van der Waals surface area contributed by atoms with Crippen LogP contribution in [0.3, 0.4) is 0 Å². The molecular formula is C11H12ClN3O3. The molecule has 0 aliphatic heterocycles. The number of phenols is 1. The average molecular weight is 270 g/mol. The third kappa shape index (κ3) is 1.80. The van der Waals surface area contributed by atoms with E-state index in [0.29, 0.717) is 28.4 Å². The third-order valence-electron chi connectivity index (χ3n) is 2.53. The van der Waals surface area contributed by atoms with Crippen molar-refractivity contribution in [1.82, 2.24) is 10.2 Å². The van der Waals surface area contributed by atoms with Gasteiger partial charge in [-0.3, -0.25) is 5.10 Å². The first-order valence-electron chi connectivity index (χ1n) is 5.02. The molecule has 6 nitrogen and oxygen atoms in total. The molecule has 0 fully saturated rings. The lowest BCUT2D eigenvalue weighted by Gasteiger charge is -2.14. The number of phenolic OH excluding ortho intramolecular Hbond substituents is 1. The smallest absolute Gasteiger partial charge is 0.172 e. The molecule has 0 spiro atoms. The first kappa shape index (κ1) is 12.4. The number of methoxy groups -OCH3 is 2. The molecule has 7 heteroatoms. The number of ether oxygens (including phenoxy) is 2. The molecule has 0 bridgehead atoms. The van der Waals surface area contributed by atoms with Crippen LogP contribution in [-0.2, 0) is 0 Å². The fourth-order valence-corrected chi connectivity index (χ4v) is 1.89. The first-order chi connectivity index (χ1) is 8.60. The summed E-state index contributed by atoms with van der Waals surface area (Å²) in [6.07, 6.45) is 1.47. The zero-order chi connectivity index (χ0) is 13.3. The lowest BCUT2D eigenvalue weighted by atomic mass is 10.1. The average Bonchev–Trinajstić information content (AvgIpc) is 2.78. The zero-order valence-corrected chi connectivity index (χ0v) is 10.6. The van der Waals surface area contributed by atoms with Crippen LogP contribution >= 0.6 is 11.6 Å². The first-order valence-corrected chi connectivity index (χ1v) is 5.40. The van der Waals surface area contributed by atoms with Crippen molar-refractivity contribution in [3.63, 3.8) is 0 Å². The van der Waals surface area contributed by atoms with E-state index in [1.54, 1.807) is 0 Å². The molecule has 2 rings (SSSR count). The molecular weight excluding hydrogens is 258 g/mol. The lowest BCUT2D eigenvalue weighted by Crippen LogP contribution is -1.96. The highest BCUT2D eigenvalue weighted by molar-refractivity contribution is 6.33. The van der Waals surface area contributed by atoms with Crippen LogP contribution in [0.2, 0.25) is 5.02 Å². The van der Waals surface area contributed by atoms with Gasteiger partial charge >= 0.3 is 0 Å². The van der Waals surface area contributed by atoms with Crippen LogP contribution in [-0.4, -0.2) is 29.5 Å². The monoisotopic (exact) mass is 269 g/mol. The van der Waals surface area contributed by atoms with Gasteiger partial charge in [0.05, 0.1) is 36.6 Å². The maximum atomic E-state index is 10.1. The van der Waals surface area contributed by atoms with Gasteiger partial charge in [-0.2, -0.15) is 5.10 Å². The van der Waals surface area contributed by atoms with Gasteiger partial charge in [0.15, 0.2) is 11.5 Å². The molecule has 0 saturated carbocycles. The molecule has 0 aliphatic carbocycles. The number of rotatable bonds is 3.